The van der Waals surface area contributed by atoms with Crippen LogP contribution in [0.2, 0.25) is 0 Å². The minimum absolute atomic E-state index is 0.425. The number of hydrogen-bond donors (Lipinski definition) is 0. The van der Waals surface area contributed by atoms with Crippen molar-refractivity contribution in [3.8, 4) is 23.3 Å². The molecule has 0 spiro atoms. The van der Waals surface area contributed by atoms with E-state index in [2.05, 4.69) is 24.9 Å². The highest BCUT2D eigenvalue weighted by Crippen LogP contribution is 2.41. The lowest BCUT2D eigenvalue weighted by molar-refractivity contribution is 0.143. The number of nitriles is 1. The van der Waals surface area contributed by atoms with Gasteiger partial charge < -0.3 is 9.64 Å². The van der Waals surface area contributed by atoms with Gasteiger partial charge in [0.15, 0.2) is 0 Å². The van der Waals surface area contributed by atoms with Gasteiger partial charge in [-0.2, -0.15) is 10.2 Å². The zero-order valence-electron chi connectivity index (χ0n) is 20.4. The highest BCUT2D eigenvalue weighted by atomic mass is 16.5. The first-order valence-electron chi connectivity index (χ1n) is 12.8. The maximum atomic E-state index is 9.28. The average molecular weight is 458 g/mol. The van der Waals surface area contributed by atoms with Crippen LogP contribution in [-0.2, 0) is 0 Å². The van der Waals surface area contributed by atoms with Gasteiger partial charge in [0.1, 0.15) is 5.65 Å². The van der Waals surface area contributed by atoms with Crippen LogP contribution in [0.15, 0.2) is 36.7 Å². The molecule has 6 nitrogen and oxygen atoms in total. The Balaban J connectivity index is 1.56. The Morgan fingerprint density at radius 3 is 2.74 bits per heavy atom. The summed E-state index contributed by atoms with van der Waals surface area (Å²) in [6, 6.07) is 10.6. The van der Waals surface area contributed by atoms with Crippen LogP contribution in [0.25, 0.3) is 16.9 Å². The van der Waals surface area contributed by atoms with Crippen molar-refractivity contribution in [3.05, 3.63) is 47.8 Å². The molecule has 0 N–H and O–H groups in total. The summed E-state index contributed by atoms with van der Waals surface area (Å²) in [6.07, 6.45) is 12.3. The Kier molecular flexibility index (Phi) is 6.82. The first kappa shape index (κ1) is 22.9. The van der Waals surface area contributed by atoms with Gasteiger partial charge in [-0.15, -0.1) is 0 Å². The number of rotatable bonds is 5. The second-order valence-corrected chi connectivity index (χ2v) is 10.4. The topological polar surface area (TPSA) is 66.5 Å². The van der Waals surface area contributed by atoms with E-state index in [1.165, 1.54) is 37.7 Å². The van der Waals surface area contributed by atoms with Crippen molar-refractivity contribution in [2.24, 2.45) is 11.8 Å². The monoisotopic (exact) mass is 457 g/mol. The van der Waals surface area contributed by atoms with Gasteiger partial charge in [-0.25, -0.2) is 4.98 Å². The van der Waals surface area contributed by atoms with E-state index in [0.717, 1.165) is 48.8 Å². The summed E-state index contributed by atoms with van der Waals surface area (Å²) >= 11 is 0. The first-order valence-corrected chi connectivity index (χ1v) is 12.8. The van der Waals surface area contributed by atoms with Gasteiger partial charge in [-0.1, -0.05) is 38.3 Å². The number of imidazole rings is 1. The van der Waals surface area contributed by atoms with E-state index >= 15 is 0 Å². The van der Waals surface area contributed by atoms with Crippen molar-refractivity contribution >= 4 is 5.65 Å². The van der Waals surface area contributed by atoms with Crippen molar-refractivity contribution in [1.82, 2.24) is 19.3 Å². The highest BCUT2D eigenvalue weighted by Gasteiger charge is 2.27. The van der Waals surface area contributed by atoms with Gasteiger partial charge in [0.25, 0.3) is 0 Å². The lowest BCUT2D eigenvalue weighted by Gasteiger charge is -2.29. The third-order valence-corrected chi connectivity index (χ3v) is 7.67. The molecular weight excluding hydrogens is 422 g/mol. The molecule has 1 aromatic carbocycles. The molecule has 1 aliphatic heterocycles. The van der Waals surface area contributed by atoms with Crippen LogP contribution in [0.3, 0.4) is 0 Å². The lowest BCUT2D eigenvalue weighted by Crippen LogP contribution is -2.35. The van der Waals surface area contributed by atoms with Crippen molar-refractivity contribution in [2.75, 3.05) is 26.7 Å². The van der Waals surface area contributed by atoms with Crippen LogP contribution in [-0.4, -0.2) is 46.0 Å². The van der Waals surface area contributed by atoms with Crippen molar-refractivity contribution in [2.45, 2.75) is 57.8 Å². The largest absolute Gasteiger partial charge is 0.464 e. The SMILES string of the molecule is CC1CCCC(c2c(-c3ccc(C#N)cc3)nc(OCC3CCCN(C)C3)n3ccnc23)CC1. The molecule has 34 heavy (non-hydrogen) atoms. The molecule has 0 amide bonds. The van der Waals surface area contributed by atoms with E-state index in [-0.39, 0.29) is 0 Å². The maximum Gasteiger partial charge on any atom is 0.302 e. The summed E-state index contributed by atoms with van der Waals surface area (Å²) in [5.74, 6) is 1.71. The molecule has 5 rings (SSSR count). The molecule has 6 heteroatoms. The van der Waals surface area contributed by atoms with Gasteiger partial charge in [0, 0.05) is 36.0 Å². The molecule has 1 saturated carbocycles. The molecule has 178 valence electrons. The van der Waals surface area contributed by atoms with Crippen LogP contribution in [0, 0.1) is 23.2 Å². The standard InChI is InChI=1S/C28H35N5O/c1-20-5-3-7-23(11-8-20)25-26(24-12-9-21(17-29)10-13-24)31-28(33-16-14-30-27(25)33)34-19-22-6-4-15-32(2)18-22/h9-10,12-14,16,20,22-23H,3-8,11,15,18-19H2,1-2H3. The number of nitrogens with zero attached hydrogens (tertiary/aromatic N) is 5. The van der Waals surface area contributed by atoms with Crippen molar-refractivity contribution < 1.29 is 4.74 Å². The first-order chi connectivity index (χ1) is 16.6. The normalized spacial score (nSPS) is 24.0. The molecule has 0 radical (unpaired) electrons. The van der Waals surface area contributed by atoms with Crippen LogP contribution in [0.5, 0.6) is 6.01 Å². The van der Waals surface area contributed by atoms with E-state index in [4.69, 9.17) is 14.7 Å². The summed E-state index contributed by atoms with van der Waals surface area (Å²) in [6.45, 7) is 5.26. The smallest absolute Gasteiger partial charge is 0.302 e. The Bertz CT molecular complexity index is 1160. The molecule has 2 aliphatic rings. The fraction of sp³-hybridized carbons (Fsp3) is 0.536. The number of aromatic nitrogens is 3. The third-order valence-electron chi connectivity index (χ3n) is 7.67. The van der Waals surface area contributed by atoms with Crippen molar-refractivity contribution in [3.63, 3.8) is 0 Å². The Morgan fingerprint density at radius 2 is 1.94 bits per heavy atom. The van der Waals surface area contributed by atoms with Gasteiger partial charge in [-0.05, 0) is 63.2 Å². The minimum atomic E-state index is 0.425. The Labute approximate surface area is 202 Å². The molecular formula is C28H35N5O. The summed E-state index contributed by atoms with van der Waals surface area (Å²) in [5, 5.41) is 9.28. The summed E-state index contributed by atoms with van der Waals surface area (Å²) in [4.78, 5) is 12.3. The van der Waals surface area contributed by atoms with Crippen LogP contribution in [0.1, 0.15) is 68.9 Å². The number of likely N-dealkylation sites (tertiary alicyclic amines) is 1. The van der Waals surface area contributed by atoms with Crippen LogP contribution < -0.4 is 4.74 Å². The Morgan fingerprint density at radius 1 is 1.09 bits per heavy atom. The predicted octanol–water partition coefficient (Wildman–Crippen LogP) is 5.67. The predicted molar refractivity (Wildman–Crippen MR) is 134 cm³/mol. The number of benzene rings is 1. The zero-order valence-corrected chi connectivity index (χ0v) is 20.4. The molecule has 2 fully saturated rings. The minimum Gasteiger partial charge on any atom is -0.464 e. The van der Waals surface area contributed by atoms with Gasteiger partial charge in [-0.3, -0.25) is 4.40 Å². The Hall–Kier alpha value is -2.91. The maximum absolute atomic E-state index is 9.28. The molecule has 3 unspecified atom stereocenters. The van der Waals surface area contributed by atoms with Gasteiger partial charge in [0.2, 0.25) is 0 Å². The van der Waals surface area contributed by atoms with E-state index in [1.54, 1.807) is 0 Å². The van der Waals surface area contributed by atoms with E-state index in [1.807, 2.05) is 41.1 Å². The van der Waals surface area contributed by atoms with Crippen molar-refractivity contribution in [1.29, 1.82) is 5.26 Å². The second kappa shape index (κ2) is 10.1. The molecule has 3 atom stereocenters. The second-order valence-electron chi connectivity index (χ2n) is 10.4. The molecule has 3 aromatic rings. The quantitative estimate of drug-likeness (QED) is 0.462. The third kappa shape index (κ3) is 4.81. The number of fused-ring (bicyclic) bond motifs is 1. The number of hydrogen-bond acceptors (Lipinski definition) is 5. The molecule has 1 saturated heterocycles. The summed E-state index contributed by atoms with van der Waals surface area (Å²) in [5.41, 5.74) is 4.84. The molecule has 2 aromatic heterocycles. The summed E-state index contributed by atoms with van der Waals surface area (Å²) in [7, 11) is 2.18. The molecule has 1 aliphatic carbocycles. The number of piperidine rings is 1. The fourth-order valence-corrected chi connectivity index (χ4v) is 5.75. The van der Waals surface area contributed by atoms with E-state index in [0.29, 0.717) is 30.0 Å². The van der Waals surface area contributed by atoms with Crippen LogP contribution >= 0.6 is 0 Å². The van der Waals surface area contributed by atoms with Crippen LogP contribution in [0.4, 0.5) is 0 Å². The highest BCUT2D eigenvalue weighted by molar-refractivity contribution is 5.72. The van der Waals surface area contributed by atoms with E-state index < -0.39 is 0 Å². The lowest BCUT2D eigenvalue weighted by atomic mass is 9.88. The fourth-order valence-electron chi connectivity index (χ4n) is 5.75. The van der Waals surface area contributed by atoms with Gasteiger partial charge >= 0.3 is 6.01 Å². The zero-order chi connectivity index (χ0) is 23.5. The molecule has 0 bridgehead atoms. The number of ether oxygens (including phenoxy) is 1. The molecule has 3 heterocycles. The average Bonchev–Trinajstić information content (AvgIpc) is 3.25. The summed E-state index contributed by atoms with van der Waals surface area (Å²) < 4.78 is 8.43. The van der Waals surface area contributed by atoms with Gasteiger partial charge in [0.05, 0.1) is 23.9 Å². The van der Waals surface area contributed by atoms with E-state index in [9.17, 15) is 5.26 Å².